The normalized spacial score (nSPS) is 13.1. The van der Waals surface area contributed by atoms with E-state index in [4.69, 9.17) is 23.7 Å². The zero-order chi connectivity index (χ0) is 19.5. The van der Waals surface area contributed by atoms with Crippen molar-refractivity contribution in [2.45, 2.75) is 0 Å². The van der Waals surface area contributed by atoms with Gasteiger partial charge in [0.15, 0.2) is 35.4 Å². The molecule has 1 amide bonds. The number of carbonyl (C=O) groups excluding carboxylic acids is 3. The maximum Gasteiger partial charge on any atom is 0.325 e. The van der Waals surface area contributed by atoms with Crippen LogP contribution in [0.25, 0.3) is 0 Å². The van der Waals surface area contributed by atoms with Gasteiger partial charge in [-0.15, -0.1) is 0 Å². The van der Waals surface area contributed by atoms with E-state index >= 15 is 0 Å². The van der Waals surface area contributed by atoms with Gasteiger partial charge in [0.2, 0.25) is 13.6 Å². The van der Waals surface area contributed by atoms with E-state index in [9.17, 15) is 14.4 Å². The average Bonchev–Trinajstić information content (AvgIpc) is 3.37. The summed E-state index contributed by atoms with van der Waals surface area (Å²) in [6.45, 7) is -0.616. The molecule has 9 heteroatoms. The molecule has 4 rings (SSSR count). The number of nitrogens with one attached hydrogen (secondary N) is 1. The number of ketones is 1. The van der Waals surface area contributed by atoms with Crippen molar-refractivity contribution < 1.29 is 38.1 Å². The Hall–Kier alpha value is -3.75. The lowest BCUT2D eigenvalue weighted by atomic mass is 10.1. The van der Waals surface area contributed by atoms with Crippen LogP contribution in [0.4, 0.5) is 0 Å². The summed E-state index contributed by atoms with van der Waals surface area (Å²) >= 11 is 0. The molecule has 0 spiro atoms. The van der Waals surface area contributed by atoms with Gasteiger partial charge in [-0.25, -0.2) is 0 Å². The number of fused-ring (bicyclic) bond motifs is 2. The molecule has 2 aliphatic rings. The van der Waals surface area contributed by atoms with E-state index in [1.54, 1.807) is 24.3 Å². The third kappa shape index (κ3) is 3.68. The van der Waals surface area contributed by atoms with Gasteiger partial charge < -0.3 is 29.0 Å². The molecule has 0 fully saturated rings. The number of hydrogen-bond acceptors (Lipinski definition) is 8. The lowest BCUT2D eigenvalue weighted by Crippen LogP contribution is -2.31. The third-order valence-electron chi connectivity index (χ3n) is 4.09. The molecule has 2 aliphatic heterocycles. The molecular weight excluding hydrogens is 370 g/mol. The monoisotopic (exact) mass is 385 g/mol. The first-order chi connectivity index (χ1) is 13.6. The van der Waals surface area contributed by atoms with Crippen LogP contribution in [0.15, 0.2) is 36.4 Å². The molecule has 2 aromatic carbocycles. The van der Waals surface area contributed by atoms with Gasteiger partial charge in [-0.1, -0.05) is 0 Å². The van der Waals surface area contributed by atoms with Gasteiger partial charge in [0.1, 0.15) is 6.54 Å². The summed E-state index contributed by atoms with van der Waals surface area (Å²) in [5.41, 5.74) is 0.648. The second-order valence-corrected chi connectivity index (χ2v) is 5.90. The summed E-state index contributed by atoms with van der Waals surface area (Å²) in [6, 6.07) is 9.39. The van der Waals surface area contributed by atoms with Crippen LogP contribution in [0.2, 0.25) is 0 Å². The minimum Gasteiger partial charge on any atom is -0.456 e. The smallest absolute Gasteiger partial charge is 0.325 e. The largest absolute Gasteiger partial charge is 0.456 e. The SMILES string of the molecule is O=C(CNC(=O)c1ccc2c(c1)OCO2)OCC(=O)c1ccc2c(c1)OCO2. The summed E-state index contributed by atoms with van der Waals surface area (Å²) in [5.74, 6) is 0.435. The van der Waals surface area contributed by atoms with Crippen molar-refractivity contribution in [1.82, 2.24) is 5.32 Å². The highest BCUT2D eigenvalue weighted by atomic mass is 16.7. The molecule has 9 nitrogen and oxygen atoms in total. The zero-order valence-corrected chi connectivity index (χ0v) is 14.6. The van der Waals surface area contributed by atoms with E-state index in [-0.39, 0.29) is 20.1 Å². The van der Waals surface area contributed by atoms with Crippen molar-refractivity contribution >= 4 is 17.7 Å². The Morgan fingerprint density at radius 1 is 0.821 bits per heavy atom. The standard InChI is InChI=1S/C19H15NO8/c21-13(11-1-3-14-16(5-11)27-9-25-14)8-24-18(22)7-20-19(23)12-2-4-15-17(6-12)28-10-26-15/h1-6H,7-10H2,(H,20,23). The van der Waals surface area contributed by atoms with Gasteiger partial charge >= 0.3 is 5.97 Å². The van der Waals surface area contributed by atoms with E-state index in [0.717, 1.165) is 0 Å². The predicted octanol–water partition coefficient (Wildman–Crippen LogP) is 1.30. The van der Waals surface area contributed by atoms with Crippen LogP contribution in [-0.2, 0) is 9.53 Å². The maximum absolute atomic E-state index is 12.1. The molecule has 1 N–H and O–H groups in total. The van der Waals surface area contributed by atoms with E-state index < -0.39 is 24.3 Å². The fraction of sp³-hybridized carbons (Fsp3) is 0.211. The summed E-state index contributed by atoms with van der Waals surface area (Å²) in [7, 11) is 0. The number of esters is 1. The molecule has 0 atom stereocenters. The molecule has 28 heavy (non-hydrogen) atoms. The number of benzene rings is 2. The number of amides is 1. The van der Waals surface area contributed by atoms with Crippen molar-refractivity contribution in [1.29, 1.82) is 0 Å². The molecule has 0 saturated carbocycles. The minimum atomic E-state index is -0.733. The molecular formula is C19H15NO8. The molecule has 0 bridgehead atoms. The molecule has 0 aromatic heterocycles. The highest BCUT2D eigenvalue weighted by Crippen LogP contribution is 2.33. The molecule has 144 valence electrons. The van der Waals surface area contributed by atoms with Gasteiger partial charge in [0, 0.05) is 11.1 Å². The van der Waals surface area contributed by atoms with Crippen LogP contribution >= 0.6 is 0 Å². The molecule has 0 saturated heterocycles. The summed E-state index contributed by atoms with van der Waals surface area (Å²) in [4.78, 5) is 36.0. The van der Waals surface area contributed by atoms with Gasteiger partial charge in [0.05, 0.1) is 0 Å². The first-order valence-corrected chi connectivity index (χ1v) is 8.36. The van der Waals surface area contributed by atoms with Crippen molar-refractivity contribution in [2.24, 2.45) is 0 Å². The predicted molar refractivity (Wildman–Crippen MR) is 92.8 cm³/mol. The first-order valence-electron chi connectivity index (χ1n) is 8.36. The summed E-state index contributed by atoms with van der Waals surface area (Å²) < 4.78 is 25.7. The zero-order valence-electron chi connectivity index (χ0n) is 14.6. The van der Waals surface area contributed by atoms with Crippen LogP contribution in [0.3, 0.4) is 0 Å². The fourth-order valence-electron chi connectivity index (χ4n) is 2.64. The van der Waals surface area contributed by atoms with E-state index in [2.05, 4.69) is 5.32 Å². The van der Waals surface area contributed by atoms with Crippen LogP contribution < -0.4 is 24.3 Å². The molecule has 2 heterocycles. The number of ether oxygens (including phenoxy) is 5. The Bertz CT molecular complexity index is 879. The maximum atomic E-state index is 12.1. The second-order valence-electron chi connectivity index (χ2n) is 5.90. The Morgan fingerprint density at radius 3 is 2.07 bits per heavy atom. The minimum absolute atomic E-state index is 0.101. The number of rotatable bonds is 6. The van der Waals surface area contributed by atoms with Gasteiger partial charge in [-0.3, -0.25) is 14.4 Å². The molecule has 2 aromatic rings. The van der Waals surface area contributed by atoms with Crippen molar-refractivity contribution in [3.8, 4) is 23.0 Å². The lowest BCUT2D eigenvalue weighted by molar-refractivity contribution is -0.141. The van der Waals surface area contributed by atoms with Crippen molar-refractivity contribution in [3.05, 3.63) is 47.5 Å². The Balaban J connectivity index is 1.25. The van der Waals surface area contributed by atoms with Gasteiger partial charge in [0.25, 0.3) is 5.91 Å². The van der Waals surface area contributed by atoms with Crippen molar-refractivity contribution in [3.63, 3.8) is 0 Å². The quantitative estimate of drug-likeness (QED) is 0.585. The highest BCUT2D eigenvalue weighted by Gasteiger charge is 2.19. The fourth-order valence-corrected chi connectivity index (χ4v) is 2.64. The van der Waals surface area contributed by atoms with Crippen molar-refractivity contribution in [2.75, 3.05) is 26.7 Å². The number of hydrogen-bond donors (Lipinski definition) is 1. The Labute approximate surface area is 159 Å². The average molecular weight is 385 g/mol. The number of Topliss-reactive ketones (excluding diaryl/α,β-unsaturated/α-hetero) is 1. The van der Waals surface area contributed by atoms with E-state index in [0.29, 0.717) is 34.1 Å². The van der Waals surface area contributed by atoms with Crippen LogP contribution in [-0.4, -0.2) is 44.4 Å². The molecule has 0 radical (unpaired) electrons. The van der Waals surface area contributed by atoms with Crippen LogP contribution in [0.5, 0.6) is 23.0 Å². The summed E-state index contributed by atoms with van der Waals surface area (Å²) in [6.07, 6.45) is 0. The highest BCUT2D eigenvalue weighted by molar-refractivity contribution is 5.99. The molecule has 0 aliphatic carbocycles. The molecule has 0 unspecified atom stereocenters. The first kappa shape index (κ1) is 17.7. The van der Waals surface area contributed by atoms with Crippen LogP contribution in [0, 0.1) is 0 Å². The lowest BCUT2D eigenvalue weighted by Gasteiger charge is -2.07. The van der Waals surface area contributed by atoms with E-state index in [1.165, 1.54) is 12.1 Å². The third-order valence-corrected chi connectivity index (χ3v) is 4.09. The topological polar surface area (TPSA) is 109 Å². The number of carbonyl (C=O) groups is 3. The Morgan fingerprint density at radius 2 is 1.39 bits per heavy atom. The second kappa shape index (κ2) is 7.47. The summed E-state index contributed by atoms with van der Waals surface area (Å²) in [5, 5.41) is 2.43. The van der Waals surface area contributed by atoms with Gasteiger partial charge in [-0.2, -0.15) is 0 Å². The van der Waals surface area contributed by atoms with E-state index in [1.807, 2.05) is 0 Å². The van der Waals surface area contributed by atoms with Gasteiger partial charge in [-0.05, 0) is 36.4 Å². The van der Waals surface area contributed by atoms with Crippen LogP contribution in [0.1, 0.15) is 20.7 Å². The Kier molecular flexibility index (Phi) is 4.71.